The van der Waals surface area contributed by atoms with E-state index in [4.69, 9.17) is 0 Å². The van der Waals surface area contributed by atoms with Gasteiger partial charge in [0.1, 0.15) is 5.69 Å². The zero-order chi connectivity index (χ0) is 28.4. The van der Waals surface area contributed by atoms with Crippen LogP contribution in [0.25, 0.3) is 0 Å². The Bertz CT molecular complexity index is 1240. The zero-order valence-electron chi connectivity index (χ0n) is 24.3. The van der Waals surface area contributed by atoms with Gasteiger partial charge in [0.15, 0.2) is 0 Å². The Morgan fingerprint density at radius 2 is 1.62 bits per heavy atom. The number of hydrogen-bond donors (Lipinski definition) is 2. The smallest absolute Gasteiger partial charge is 0.272 e. The number of aromatic nitrogens is 2. The second kappa shape index (κ2) is 11.6. The largest absolute Gasteiger partial charge is 0.366 e. The maximum Gasteiger partial charge on any atom is 0.272 e. The maximum atomic E-state index is 13.4. The molecule has 3 fully saturated rings. The van der Waals surface area contributed by atoms with Crippen molar-refractivity contribution in [2.24, 2.45) is 13.0 Å². The first kappa shape index (κ1) is 28.1. The minimum absolute atomic E-state index is 0.00406. The summed E-state index contributed by atoms with van der Waals surface area (Å²) in [5.74, 6) is 0.0399. The molecule has 40 heavy (non-hydrogen) atoms. The van der Waals surface area contributed by atoms with Crippen molar-refractivity contribution in [2.75, 3.05) is 62.6 Å². The fourth-order valence-electron chi connectivity index (χ4n) is 5.53. The van der Waals surface area contributed by atoms with E-state index >= 15 is 0 Å². The van der Waals surface area contributed by atoms with Crippen molar-refractivity contribution in [1.29, 1.82) is 0 Å². The van der Waals surface area contributed by atoms with Crippen molar-refractivity contribution in [3.8, 4) is 0 Å². The predicted molar refractivity (Wildman–Crippen MR) is 156 cm³/mol. The number of nitrogens with zero attached hydrogens (tertiary/aromatic N) is 5. The van der Waals surface area contributed by atoms with E-state index < -0.39 is 0 Å². The standard InChI is InChI=1S/C30H43N7O3/c1-30(2,3)26-20-25(34(4)33-26)29(40)37-17-15-35(16-18-37)24-10-9-22(28(39)36-13-6-11-31-12-14-36)19-23(24)32-27(38)21-7-5-8-21/h9-10,19-21,31H,5-8,11-18H2,1-4H3,(H,32,38). The molecule has 0 atom stereocenters. The zero-order valence-corrected chi connectivity index (χ0v) is 24.3. The SMILES string of the molecule is Cn1nc(C(C)(C)C)cc1C(=O)N1CCN(c2ccc(C(=O)N3CCCNCC3)cc2NC(=O)C2CCC2)CC1. The van der Waals surface area contributed by atoms with Crippen LogP contribution in [0.4, 0.5) is 11.4 Å². The number of hydrogen-bond acceptors (Lipinski definition) is 6. The molecule has 1 aromatic heterocycles. The molecule has 0 radical (unpaired) electrons. The predicted octanol–water partition coefficient (Wildman–Crippen LogP) is 2.85. The number of aryl methyl sites for hydroxylation is 1. The molecule has 2 saturated heterocycles. The Morgan fingerprint density at radius 1 is 0.900 bits per heavy atom. The Morgan fingerprint density at radius 3 is 2.27 bits per heavy atom. The lowest BCUT2D eigenvalue weighted by Gasteiger charge is -2.37. The third-order valence-corrected chi connectivity index (χ3v) is 8.38. The molecule has 1 aromatic carbocycles. The Labute approximate surface area is 237 Å². The lowest BCUT2D eigenvalue weighted by atomic mass is 9.85. The molecule has 0 spiro atoms. The summed E-state index contributed by atoms with van der Waals surface area (Å²) in [6, 6.07) is 7.57. The molecule has 0 bridgehead atoms. The van der Waals surface area contributed by atoms with Crippen LogP contribution in [0.5, 0.6) is 0 Å². The molecule has 2 N–H and O–H groups in total. The molecule has 1 aliphatic carbocycles. The van der Waals surface area contributed by atoms with Gasteiger partial charge in [-0.2, -0.15) is 5.10 Å². The summed E-state index contributed by atoms with van der Waals surface area (Å²) in [6.45, 7) is 11.8. The molecular weight excluding hydrogens is 506 g/mol. The number of anilines is 2. The third kappa shape index (κ3) is 6.01. The van der Waals surface area contributed by atoms with Crippen LogP contribution in [0.15, 0.2) is 24.3 Å². The number of amides is 3. The van der Waals surface area contributed by atoms with E-state index in [0.717, 1.165) is 56.7 Å². The van der Waals surface area contributed by atoms with Crippen LogP contribution in [-0.4, -0.2) is 89.7 Å². The summed E-state index contributed by atoms with van der Waals surface area (Å²) in [6.07, 6.45) is 3.82. The average Bonchev–Trinajstić information content (AvgIpc) is 3.10. The highest BCUT2D eigenvalue weighted by Crippen LogP contribution is 2.33. The van der Waals surface area contributed by atoms with Gasteiger partial charge in [-0.05, 0) is 50.1 Å². The van der Waals surface area contributed by atoms with Gasteiger partial charge in [0, 0.05) is 69.8 Å². The summed E-state index contributed by atoms with van der Waals surface area (Å²) in [5, 5.41) is 11.1. The average molecular weight is 550 g/mol. The van der Waals surface area contributed by atoms with E-state index in [9.17, 15) is 14.4 Å². The van der Waals surface area contributed by atoms with Crippen molar-refractivity contribution < 1.29 is 14.4 Å². The van der Waals surface area contributed by atoms with Gasteiger partial charge in [-0.3, -0.25) is 19.1 Å². The maximum absolute atomic E-state index is 13.4. The van der Waals surface area contributed by atoms with Crippen molar-refractivity contribution >= 4 is 29.1 Å². The van der Waals surface area contributed by atoms with Crippen LogP contribution in [0.2, 0.25) is 0 Å². The Balaban J connectivity index is 1.32. The molecule has 5 rings (SSSR count). The monoisotopic (exact) mass is 549 g/mol. The third-order valence-electron chi connectivity index (χ3n) is 8.38. The molecule has 10 nitrogen and oxygen atoms in total. The van der Waals surface area contributed by atoms with Gasteiger partial charge >= 0.3 is 0 Å². The summed E-state index contributed by atoms with van der Waals surface area (Å²) < 4.78 is 1.68. The number of piperazine rings is 1. The van der Waals surface area contributed by atoms with E-state index in [-0.39, 0.29) is 29.1 Å². The first-order chi connectivity index (χ1) is 19.1. The van der Waals surface area contributed by atoms with Crippen molar-refractivity contribution in [3.63, 3.8) is 0 Å². The fourth-order valence-corrected chi connectivity index (χ4v) is 5.53. The molecule has 3 amide bonds. The van der Waals surface area contributed by atoms with Gasteiger partial charge in [-0.1, -0.05) is 27.2 Å². The van der Waals surface area contributed by atoms with E-state index in [1.807, 2.05) is 41.1 Å². The van der Waals surface area contributed by atoms with Crippen molar-refractivity contribution in [1.82, 2.24) is 24.9 Å². The van der Waals surface area contributed by atoms with E-state index in [2.05, 4.69) is 41.4 Å². The topological polar surface area (TPSA) is 103 Å². The van der Waals surface area contributed by atoms with Gasteiger partial charge < -0.3 is 25.3 Å². The molecule has 2 aromatic rings. The molecular formula is C30H43N7O3. The van der Waals surface area contributed by atoms with Crippen LogP contribution in [-0.2, 0) is 17.3 Å². The number of benzene rings is 1. The minimum atomic E-state index is -0.132. The van der Waals surface area contributed by atoms with Crippen LogP contribution in [0, 0.1) is 5.92 Å². The van der Waals surface area contributed by atoms with Crippen LogP contribution >= 0.6 is 0 Å². The number of nitrogens with one attached hydrogen (secondary N) is 2. The molecule has 1 saturated carbocycles. The molecule has 10 heteroatoms. The summed E-state index contributed by atoms with van der Waals surface area (Å²) in [5.41, 5.74) is 3.52. The summed E-state index contributed by atoms with van der Waals surface area (Å²) >= 11 is 0. The fraction of sp³-hybridized carbons (Fsp3) is 0.600. The number of carbonyl (C=O) groups excluding carboxylic acids is 3. The highest BCUT2D eigenvalue weighted by molar-refractivity contribution is 6.01. The van der Waals surface area contributed by atoms with Gasteiger partial charge in [-0.15, -0.1) is 0 Å². The number of carbonyl (C=O) groups is 3. The lowest BCUT2D eigenvalue weighted by molar-refractivity contribution is -0.122. The normalized spacial score (nSPS) is 18.8. The molecule has 3 aliphatic rings. The van der Waals surface area contributed by atoms with Gasteiger partial charge in [-0.25, -0.2) is 0 Å². The van der Waals surface area contributed by atoms with E-state index in [1.165, 1.54) is 0 Å². The highest BCUT2D eigenvalue weighted by Gasteiger charge is 2.30. The molecule has 216 valence electrons. The first-order valence-corrected chi connectivity index (χ1v) is 14.7. The number of rotatable bonds is 5. The van der Waals surface area contributed by atoms with Gasteiger partial charge in [0.2, 0.25) is 5.91 Å². The molecule has 2 aliphatic heterocycles. The van der Waals surface area contributed by atoms with Crippen molar-refractivity contribution in [2.45, 2.75) is 51.9 Å². The van der Waals surface area contributed by atoms with Crippen LogP contribution in [0.1, 0.15) is 73.0 Å². The van der Waals surface area contributed by atoms with Crippen LogP contribution < -0.4 is 15.5 Å². The van der Waals surface area contributed by atoms with Gasteiger partial charge in [0.25, 0.3) is 11.8 Å². The molecule has 0 unspecified atom stereocenters. The Hall–Kier alpha value is -3.40. The summed E-state index contributed by atoms with van der Waals surface area (Å²) in [4.78, 5) is 45.6. The first-order valence-electron chi connectivity index (χ1n) is 14.7. The van der Waals surface area contributed by atoms with E-state index in [0.29, 0.717) is 49.7 Å². The summed E-state index contributed by atoms with van der Waals surface area (Å²) in [7, 11) is 1.82. The van der Waals surface area contributed by atoms with Crippen molar-refractivity contribution in [3.05, 3.63) is 41.2 Å². The van der Waals surface area contributed by atoms with Gasteiger partial charge in [0.05, 0.1) is 17.1 Å². The second-order valence-corrected chi connectivity index (χ2v) is 12.3. The Kier molecular flexibility index (Phi) is 8.16. The lowest BCUT2D eigenvalue weighted by Crippen LogP contribution is -2.49. The second-order valence-electron chi connectivity index (χ2n) is 12.3. The van der Waals surface area contributed by atoms with E-state index in [1.54, 1.807) is 4.68 Å². The highest BCUT2D eigenvalue weighted by atomic mass is 16.2. The molecule has 3 heterocycles. The minimum Gasteiger partial charge on any atom is -0.366 e. The van der Waals surface area contributed by atoms with Crippen LogP contribution in [0.3, 0.4) is 0 Å². The quantitative estimate of drug-likeness (QED) is 0.595.